The van der Waals surface area contributed by atoms with Gasteiger partial charge in [0, 0.05) is 5.92 Å². The molecule has 2 rings (SSSR count). The molecule has 0 bridgehead atoms. The van der Waals surface area contributed by atoms with Crippen LogP contribution < -0.4 is 0 Å². The minimum absolute atomic E-state index is 0.543. The van der Waals surface area contributed by atoms with Gasteiger partial charge in [0.05, 0.1) is 12.7 Å². The Balaban J connectivity index is 2.08. The Bertz CT molecular complexity index is 151. The van der Waals surface area contributed by atoms with Crippen LogP contribution in [-0.4, -0.2) is 12.7 Å². The largest absolute Gasteiger partial charge is 0.373 e. The second-order valence-electron chi connectivity index (χ2n) is 3.40. The van der Waals surface area contributed by atoms with Gasteiger partial charge < -0.3 is 4.74 Å². The van der Waals surface area contributed by atoms with E-state index in [4.69, 9.17) is 4.74 Å². The molecular weight excluding hydrogens is 124 g/mol. The molecule has 1 nitrogen and oxygen atoms in total. The van der Waals surface area contributed by atoms with E-state index in [0.29, 0.717) is 12.0 Å². The summed E-state index contributed by atoms with van der Waals surface area (Å²) in [6.45, 7) is 4.84. The molecule has 2 aliphatic rings. The maximum absolute atomic E-state index is 5.57. The Morgan fingerprint density at radius 3 is 2.90 bits per heavy atom. The van der Waals surface area contributed by atoms with Gasteiger partial charge in [-0.15, -0.1) is 0 Å². The van der Waals surface area contributed by atoms with Crippen LogP contribution in [0.3, 0.4) is 0 Å². The summed E-state index contributed by atoms with van der Waals surface area (Å²) in [6, 6.07) is 0. The lowest BCUT2D eigenvalue weighted by Crippen LogP contribution is -2.20. The van der Waals surface area contributed by atoms with E-state index in [2.05, 4.69) is 6.58 Å². The highest BCUT2D eigenvalue weighted by molar-refractivity contribution is 5.09. The highest BCUT2D eigenvalue weighted by Gasteiger charge is 2.32. The van der Waals surface area contributed by atoms with Crippen molar-refractivity contribution in [2.45, 2.75) is 31.8 Å². The second-order valence-corrected chi connectivity index (χ2v) is 3.40. The molecule has 1 saturated heterocycles. The Morgan fingerprint density at radius 2 is 2.10 bits per heavy atom. The van der Waals surface area contributed by atoms with Crippen molar-refractivity contribution >= 4 is 0 Å². The molecule has 0 aromatic rings. The normalized spacial score (nSPS) is 39.8. The van der Waals surface area contributed by atoms with Crippen molar-refractivity contribution in [1.82, 2.24) is 0 Å². The maximum atomic E-state index is 5.57. The van der Waals surface area contributed by atoms with Crippen LogP contribution in [0.5, 0.6) is 0 Å². The number of ether oxygens (including phenoxy) is 1. The van der Waals surface area contributed by atoms with Crippen molar-refractivity contribution in [3.63, 3.8) is 0 Å². The summed E-state index contributed by atoms with van der Waals surface area (Å²) >= 11 is 0. The Morgan fingerprint density at radius 1 is 1.30 bits per heavy atom. The van der Waals surface area contributed by atoms with Crippen LogP contribution in [0.25, 0.3) is 0 Å². The Labute approximate surface area is 62.1 Å². The van der Waals surface area contributed by atoms with Crippen LogP contribution in [0.4, 0.5) is 0 Å². The first kappa shape index (κ1) is 6.41. The summed E-state index contributed by atoms with van der Waals surface area (Å²) in [6.07, 6.45) is 5.87. The zero-order valence-corrected chi connectivity index (χ0v) is 6.31. The summed E-state index contributed by atoms with van der Waals surface area (Å²) < 4.78 is 5.57. The second kappa shape index (κ2) is 2.39. The molecule has 1 aliphatic heterocycles. The molecule has 0 aromatic heterocycles. The summed E-state index contributed by atoms with van der Waals surface area (Å²) in [5, 5.41) is 0. The van der Waals surface area contributed by atoms with Crippen molar-refractivity contribution in [2.24, 2.45) is 5.92 Å². The highest BCUT2D eigenvalue weighted by atomic mass is 16.5. The molecule has 0 amide bonds. The lowest BCUT2D eigenvalue weighted by Gasteiger charge is -2.23. The lowest BCUT2D eigenvalue weighted by atomic mass is 9.84. The third kappa shape index (κ3) is 0.891. The van der Waals surface area contributed by atoms with E-state index in [-0.39, 0.29) is 0 Å². The van der Waals surface area contributed by atoms with E-state index in [1.165, 1.54) is 31.3 Å². The molecule has 2 fully saturated rings. The standard InChI is InChI=1S/C9H14O/c1-7-6-10-9-5-3-2-4-8(7)9/h8-9H,1-6H2. The molecule has 1 heterocycles. The number of fused-ring (bicyclic) bond motifs is 1. The predicted molar refractivity (Wildman–Crippen MR) is 40.8 cm³/mol. The van der Waals surface area contributed by atoms with Crippen molar-refractivity contribution in [3.8, 4) is 0 Å². The molecule has 1 saturated carbocycles. The van der Waals surface area contributed by atoms with Crippen LogP contribution in [0.1, 0.15) is 25.7 Å². The number of hydrogen-bond acceptors (Lipinski definition) is 1. The summed E-state index contributed by atoms with van der Waals surface area (Å²) in [4.78, 5) is 0. The fourth-order valence-electron chi connectivity index (χ4n) is 2.08. The van der Waals surface area contributed by atoms with Crippen LogP contribution in [-0.2, 0) is 4.74 Å². The van der Waals surface area contributed by atoms with Crippen molar-refractivity contribution < 1.29 is 4.74 Å². The summed E-state index contributed by atoms with van der Waals surface area (Å²) in [7, 11) is 0. The van der Waals surface area contributed by atoms with Crippen LogP contribution in [0, 0.1) is 5.92 Å². The molecule has 1 heteroatoms. The first-order valence-electron chi connectivity index (χ1n) is 4.17. The SMILES string of the molecule is C=C1COC2CCCCC12. The molecular formula is C9H14O. The van der Waals surface area contributed by atoms with Gasteiger partial charge in [-0.05, 0) is 18.4 Å². The van der Waals surface area contributed by atoms with E-state index in [9.17, 15) is 0 Å². The van der Waals surface area contributed by atoms with E-state index in [1.807, 2.05) is 0 Å². The number of rotatable bonds is 0. The molecule has 0 N–H and O–H groups in total. The van der Waals surface area contributed by atoms with E-state index < -0.39 is 0 Å². The Hall–Kier alpha value is -0.300. The fourth-order valence-corrected chi connectivity index (χ4v) is 2.08. The molecule has 0 radical (unpaired) electrons. The van der Waals surface area contributed by atoms with Crippen LogP contribution >= 0.6 is 0 Å². The number of hydrogen-bond donors (Lipinski definition) is 0. The van der Waals surface area contributed by atoms with Gasteiger partial charge in [0.15, 0.2) is 0 Å². The summed E-state index contributed by atoms with van der Waals surface area (Å²) in [5.41, 5.74) is 1.34. The summed E-state index contributed by atoms with van der Waals surface area (Å²) in [5.74, 6) is 0.716. The maximum Gasteiger partial charge on any atom is 0.0681 e. The molecule has 2 atom stereocenters. The van der Waals surface area contributed by atoms with E-state index in [1.54, 1.807) is 0 Å². The zero-order valence-electron chi connectivity index (χ0n) is 6.31. The quantitative estimate of drug-likeness (QED) is 0.466. The van der Waals surface area contributed by atoms with Gasteiger partial charge >= 0.3 is 0 Å². The average molecular weight is 138 g/mol. The van der Waals surface area contributed by atoms with Gasteiger partial charge in [-0.3, -0.25) is 0 Å². The molecule has 56 valence electrons. The topological polar surface area (TPSA) is 9.23 Å². The molecule has 0 aromatic carbocycles. The first-order valence-corrected chi connectivity index (χ1v) is 4.17. The monoisotopic (exact) mass is 138 g/mol. The zero-order chi connectivity index (χ0) is 6.97. The minimum atomic E-state index is 0.543. The van der Waals surface area contributed by atoms with Gasteiger partial charge in [0.1, 0.15) is 0 Å². The van der Waals surface area contributed by atoms with Crippen molar-refractivity contribution in [1.29, 1.82) is 0 Å². The molecule has 0 spiro atoms. The van der Waals surface area contributed by atoms with Crippen LogP contribution in [0.2, 0.25) is 0 Å². The Kier molecular flexibility index (Phi) is 1.53. The molecule has 2 unspecified atom stereocenters. The third-order valence-corrected chi connectivity index (χ3v) is 2.71. The van der Waals surface area contributed by atoms with E-state index in [0.717, 1.165) is 6.61 Å². The molecule has 10 heavy (non-hydrogen) atoms. The lowest BCUT2D eigenvalue weighted by molar-refractivity contribution is 0.0663. The third-order valence-electron chi connectivity index (χ3n) is 2.71. The van der Waals surface area contributed by atoms with Gasteiger partial charge in [0.25, 0.3) is 0 Å². The van der Waals surface area contributed by atoms with E-state index >= 15 is 0 Å². The van der Waals surface area contributed by atoms with Gasteiger partial charge in [-0.1, -0.05) is 19.4 Å². The van der Waals surface area contributed by atoms with Gasteiger partial charge in [-0.25, -0.2) is 0 Å². The predicted octanol–water partition coefficient (Wildman–Crippen LogP) is 2.13. The average Bonchev–Trinajstić information content (AvgIpc) is 2.34. The first-order chi connectivity index (χ1) is 4.88. The fraction of sp³-hybridized carbons (Fsp3) is 0.778. The van der Waals surface area contributed by atoms with Crippen molar-refractivity contribution in [3.05, 3.63) is 12.2 Å². The van der Waals surface area contributed by atoms with Gasteiger partial charge in [0.2, 0.25) is 0 Å². The van der Waals surface area contributed by atoms with Gasteiger partial charge in [-0.2, -0.15) is 0 Å². The molecule has 1 aliphatic carbocycles. The minimum Gasteiger partial charge on any atom is -0.373 e. The highest BCUT2D eigenvalue weighted by Crippen LogP contribution is 2.36. The van der Waals surface area contributed by atoms with Crippen molar-refractivity contribution in [2.75, 3.05) is 6.61 Å². The van der Waals surface area contributed by atoms with Crippen LogP contribution in [0.15, 0.2) is 12.2 Å². The smallest absolute Gasteiger partial charge is 0.0681 e.